The van der Waals surface area contributed by atoms with E-state index in [4.69, 9.17) is 11.6 Å². The fourth-order valence-electron chi connectivity index (χ4n) is 1.93. The predicted octanol–water partition coefficient (Wildman–Crippen LogP) is 4.92. The topological polar surface area (TPSA) is 17.1 Å². The molecule has 110 valence electrons. The Hall–Kier alpha value is -1.88. The van der Waals surface area contributed by atoms with Crippen LogP contribution in [0.25, 0.3) is 0 Å². The first-order chi connectivity index (χ1) is 9.80. The van der Waals surface area contributed by atoms with Crippen LogP contribution < -0.4 is 0 Å². The summed E-state index contributed by atoms with van der Waals surface area (Å²) in [7, 11) is 0. The number of hydrogen-bond acceptors (Lipinski definition) is 1. The maximum atomic E-state index is 13.7. The Bertz CT molecular complexity index is 680. The number of ketones is 1. The Labute approximate surface area is 123 Å². The van der Waals surface area contributed by atoms with Gasteiger partial charge in [-0.2, -0.15) is 13.2 Å². The first-order valence-corrected chi connectivity index (χ1v) is 6.31. The quantitative estimate of drug-likeness (QED) is 0.580. The Morgan fingerprint density at radius 2 is 1.71 bits per heavy atom. The highest BCUT2D eigenvalue weighted by Crippen LogP contribution is 2.32. The molecule has 0 aromatic heterocycles. The third-order valence-corrected chi connectivity index (χ3v) is 3.21. The minimum atomic E-state index is -4.64. The van der Waals surface area contributed by atoms with E-state index in [-0.39, 0.29) is 10.6 Å². The highest BCUT2D eigenvalue weighted by molar-refractivity contribution is 6.30. The summed E-state index contributed by atoms with van der Waals surface area (Å²) in [4.78, 5) is 12.0. The normalized spacial score (nSPS) is 11.5. The van der Waals surface area contributed by atoms with Crippen LogP contribution in [0, 0.1) is 5.82 Å². The minimum Gasteiger partial charge on any atom is -0.294 e. The number of carbonyl (C=O) groups is 1. The van der Waals surface area contributed by atoms with Gasteiger partial charge in [-0.05, 0) is 17.7 Å². The molecule has 21 heavy (non-hydrogen) atoms. The first-order valence-electron chi connectivity index (χ1n) is 5.93. The second-order valence-electron chi connectivity index (χ2n) is 4.36. The molecule has 0 spiro atoms. The van der Waals surface area contributed by atoms with Gasteiger partial charge in [-0.1, -0.05) is 41.9 Å². The summed E-state index contributed by atoms with van der Waals surface area (Å²) in [5.74, 6) is -1.61. The van der Waals surface area contributed by atoms with Crippen molar-refractivity contribution in [2.45, 2.75) is 12.6 Å². The summed E-state index contributed by atoms with van der Waals surface area (Å²) < 4.78 is 52.2. The van der Waals surface area contributed by atoms with Crippen LogP contribution in [0.15, 0.2) is 42.5 Å². The van der Waals surface area contributed by atoms with Crippen LogP contribution in [0.2, 0.25) is 5.02 Å². The van der Waals surface area contributed by atoms with Gasteiger partial charge in [-0.15, -0.1) is 0 Å². The zero-order valence-corrected chi connectivity index (χ0v) is 11.3. The maximum Gasteiger partial charge on any atom is 0.417 e. The number of rotatable bonds is 3. The Morgan fingerprint density at radius 3 is 2.38 bits per heavy atom. The molecular formula is C15H9ClF4O. The van der Waals surface area contributed by atoms with E-state index in [9.17, 15) is 22.4 Å². The van der Waals surface area contributed by atoms with E-state index in [0.717, 1.165) is 12.1 Å². The standard InChI is InChI=1S/C15H9ClF4O/c16-12-7-3-4-9(14(12)17)8-13(21)10-5-1-2-6-11(10)15(18,19)20/h1-7H,8H2. The first kappa shape index (κ1) is 15.5. The lowest BCUT2D eigenvalue weighted by Gasteiger charge is -2.12. The number of alkyl halides is 3. The SMILES string of the molecule is O=C(Cc1cccc(Cl)c1F)c1ccccc1C(F)(F)F. The van der Waals surface area contributed by atoms with Gasteiger partial charge in [-0.25, -0.2) is 4.39 Å². The van der Waals surface area contributed by atoms with Gasteiger partial charge in [0.15, 0.2) is 5.78 Å². The van der Waals surface area contributed by atoms with Gasteiger partial charge in [0.2, 0.25) is 0 Å². The fourth-order valence-corrected chi connectivity index (χ4v) is 2.12. The second kappa shape index (κ2) is 5.85. The molecule has 2 aromatic carbocycles. The molecule has 2 aromatic rings. The molecule has 0 radical (unpaired) electrons. The van der Waals surface area contributed by atoms with Crippen LogP contribution in [0.5, 0.6) is 0 Å². The lowest BCUT2D eigenvalue weighted by atomic mass is 9.98. The van der Waals surface area contributed by atoms with Gasteiger partial charge in [0.25, 0.3) is 0 Å². The van der Waals surface area contributed by atoms with E-state index in [1.54, 1.807) is 0 Å². The van der Waals surface area contributed by atoms with Crippen molar-refractivity contribution in [2.75, 3.05) is 0 Å². The number of carbonyl (C=O) groups excluding carboxylic acids is 1. The summed E-state index contributed by atoms with van der Waals surface area (Å²) >= 11 is 5.58. The number of hydrogen-bond donors (Lipinski definition) is 0. The van der Waals surface area contributed by atoms with Crippen molar-refractivity contribution in [1.82, 2.24) is 0 Å². The summed E-state index contributed by atoms with van der Waals surface area (Å²) in [6.45, 7) is 0. The molecule has 6 heteroatoms. The van der Waals surface area contributed by atoms with Crippen LogP contribution in [0.1, 0.15) is 21.5 Å². The predicted molar refractivity (Wildman–Crippen MR) is 70.9 cm³/mol. The zero-order valence-electron chi connectivity index (χ0n) is 10.5. The summed E-state index contributed by atoms with van der Waals surface area (Å²) in [6, 6.07) is 8.47. The van der Waals surface area contributed by atoms with E-state index in [2.05, 4.69) is 0 Å². The molecule has 0 aliphatic heterocycles. The largest absolute Gasteiger partial charge is 0.417 e. The highest BCUT2D eigenvalue weighted by atomic mass is 35.5. The van der Waals surface area contributed by atoms with Crippen LogP contribution in [-0.2, 0) is 12.6 Å². The average molecular weight is 317 g/mol. The molecule has 0 bridgehead atoms. The van der Waals surface area contributed by atoms with Gasteiger partial charge in [-0.3, -0.25) is 4.79 Å². The smallest absolute Gasteiger partial charge is 0.294 e. The van der Waals surface area contributed by atoms with Crippen LogP contribution in [0.4, 0.5) is 17.6 Å². The van der Waals surface area contributed by atoms with Crippen molar-refractivity contribution < 1.29 is 22.4 Å². The molecule has 0 amide bonds. The van der Waals surface area contributed by atoms with Crippen molar-refractivity contribution in [3.05, 3.63) is 70.0 Å². The minimum absolute atomic E-state index is 0.0375. The van der Waals surface area contributed by atoms with Crippen molar-refractivity contribution in [3.63, 3.8) is 0 Å². The average Bonchev–Trinajstić information content (AvgIpc) is 2.43. The monoisotopic (exact) mass is 316 g/mol. The summed E-state index contributed by atoms with van der Waals surface area (Å²) in [5.41, 5.74) is -1.55. The molecule has 0 fully saturated rings. The molecule has 0 saturated heterocycles. The molecule has 0 atom stereocenters. The molecule has 1 nitrogen and oxygen atoms in total. The highest BCUT2D eigenvalue weighted by Gasteiger charge is 2.34. The van der Waals surface area contributed by atoms with Gasteiger partial charge < -0.3 is 0 Å². The lowest BCUT2D eigenvalue weighted by molar-refractivity contribution is -0.137. The molecular weight excluding hydrogens is 308 g/mol. The second-order valence-corrected chi connectivity index (χ2v) is 4.76. The molecule has 0 N–H and O–H groups in total. The van der Waals surface area contributed by atoms with Crippen molar-refractivity contribution >= 4 is 17.4 Å². The molecule has 0 saturated carbocycles. The van der Waals surface area contributed by atoms with E-state index in [1.807, 2.05) is 0 Å². The molecule has 0 heterocycles. The van der Waals surface area contributed by atoms with Gasteiger partial charge >= 0.3 is 6.18 Å². The summed E-state index contributed by atoms with van der Waals surface area (Å²) in [5, 5.41) is -0.176. The molecule has 0 unspecified atom stereocenters. The Kier molecular flexibility index (Phi) is 4.32. The third kappa shape index (κ3) is 3.42. The van der Waals surface area contributed by atoms with Crippen molar-refractivity contribution in [2.24, 2.45) is 0 Å². The van der Waals surface area contributed by atoms with Crippen LogP contribution >= 0.6 is 11.6 Å². The zero-order chi connectivity index (χ0) is 15.6. The molecule has 0 aliphatic rings. The third-order valence-electron chi connectivity index (χ3n) is 2.92. The number of Topliss-reactive ketones (excluding diaryl/α,β-unsaturated/α-hetero) is 1. The molecule has 0 aliphatic carbocycles. The number of halogens is 5. The Morgan fingerprint density at radius 1 is 1.05 bits per heavy atom. The molecule has 2 rings (SSSR count). The van der Waals surface area contributed by atoms with Gasteiger partial charge in [0, 0.05) is 12.0 Å². The van der Waals surface area contributed by atoms with E-state index in [0.29, 0.717) is 0 Å². The van der Waals surface area contributed by atoms with Crippen LogP contribution in [0.3, 0.4) is 0 Å². The van der Waals surface area contributed by atoms with E-state index in [1.165, 1.54) is 30.3 Å². The van der Waals surface area contributed by atoms with Gasteiger partial charge in [0.05, 0.1) is 10.6 Å². The Balaban J connectivity index is 2.36. The van der Waals surface area contributed by atoms with Gasteiger partial charge in [0.1, 0.15) is 5.82 Å². The van der Waals surface area contributed by atoms with Crippen LogP contribution in [-0.4, -0.2) is 5.78 Å². The lowest BCUT2D eigenvalue weighted by Crippen LogP contribution is -2.14. The van der Waals surface area contributed by atoms with E-state index < -0.39 is 35.3 Å². The van der Waals surface area contributed by atoms with E-state index >= 15 is 0 Å². The number of benzene rings is 2. The van der Waals surface area contributed by atoms with Crippen molar-refractivity contribution in [3.8, 4) is 0 Å². The van der Waals surface area contributed by atoms with Crippen molar-refractivity contribution in [1.29, 1.82) is 0 Å². The summed E-state index contributed by atoms with van der Waals surface area (Å²) in [6.07, 6.45) is -5.13. The fraction of sp³-hybridized carbons (Fsp3) is 0.133. The maximum absolute atomic E-state index is 13.7.